The van der Waals surface area contributed by atoms with Crippen LogP contribution in [0.15, 0.2) is 0 Å². The number of amides is 1. The van der Waals surface area contributed by atoms with Crippen LogP contribution in [-0.4, -0.2) is 49.8 Å². The summed E-state index contributed by atoms with van der Waals surface area (Å²) < 4.78 is 41.6. The van der Waals surface area contributed by atoms with Crippen LogP contribution in [0.1, 0.15) is 13.8 Å². The largest absolute Gasteiger partial charge is 0.406 e. The molecule has 0 saturated carbocycles. The molecule has 7 heteroatoms. The standard InChI is InChI=1S/C10H19F3N2O2/c1-8(2)5-15(7-10(11,12)13)9(16)6-17-4-3-14/h8H,3-7,14H2,1-2H3. The topological polar surface area (TPSA) is 55.6 Å². The van der Waals surface area contributed by atoms with Crippen LogP contribution in [0.4, 0.5) is 13.2 Å². The molecule has 0 aromatic carbocycles. The summed E-state index contributed by atoms with van der Waals surface area (Å²) in [4.78, 5) is 12.3. The lowest BCUT2D eigenvalue weighted by Crippen LogP contribution is -2.43. The molecule has 0 aliphatic carbocycles. The third-order valence-corrected chi connectivity index (χ3v) is 1.80. The maximum atomic E-state index is 12.3. The van der Waals surface area contributed by atoms with Crippen molar-refractivity contribution in [3.05, 3.63) is 0 Å². The van der Waals surface area contributed by atoms with Crippen LogP contribution in [-0.2, 0) is 9.53 Å². The smallest absolute Gasteiger partial charge is 0.370 e. The van der Waals surface area contributed by atoms with Crippen molar-refractivity contribution in [1.82, 2.24) is 4.90 Å². The fourth-order valence-corrected chi connectivity index (χ4v) is 1.25. The number of nitrogens with two attached hydrogens (primary N) is 1. The van der Waals surface area contributed by atoms with Gasteiger partial charge in [0.25, 0.3) is 0 Å². The molecule has 0 aromatic heterocycles. The molecule has 1 amide bonds. The van der Waals surface area contributed by atoms with E-state index in [2.05, 4.69) is 0 Å². The minimum atomic E-state index is -4.39. The van der Waals surface area contributed by atoms with Crippen LogP contribution in [0.2, 0.25) is 0 Å². The Bertz CT molecular complexity index is 232. The van der Waals surface area contributed by atoms with Gasteiger partial charge in [0.05, 0.1) is 6.61 Å². The van der Waals surface area contributed by atoms with Gasteiger partial charge in [0, 0.05) is 13.1 Å². The van der Waals surface area contributed by atoms with Crippen molar-refractivity contribution >= 4 is 5.91 Å². The molecule has 0 bridgehead atoms. The van der Waals surface area contributed by atoms with E-state index in [4.69, 9.17) is 10.5 Å². The van der Waals surface area contributed by atoms with Crippen molar-refractivity contribution in [2.75, 3.05) is 32.8 Å². The molecule has 17 heavy (non-hydrogen) atoms. The first-order chi connectivity index (χ1) is 7.76. The zero-order valence-electron chi connectivity index (χ0n) is 10.1. The maximum Gasteiger partial charge on any atom is 0.406 e. The van der Waals surface area contributed by atoms with Gasteiger partial charge in [-0.2, -0.15) is 13.2 Å². The number of rotatable bonds is 7. The van der Waals surface area contributed by atoms with Gasteiger partial charge in [0.1, 0.15) is 13.2 Å². The molecule has 0 heterocycles. The highest BCUT2D eigenvalue weighted by atomic mass is 19.4. The van der Waals surface area contributed by atoms with Crippen LogP contribution in [0.5, 0.6) is 0 Å². The monoisotopic (exact) mass is 256 g/mol. The molecule has 0 aliphatic heterocycles. The van der Waals surface area contributed by atoms with Gasteiger partial charge in [-0.15, -0.1) is 0 Å². The van der Waals surface area contributed by atoms with Gasteiger partial charge in [-0.05, 0) is 5.92 Å². The van der Waals surface area contributed by atoms with E-state index in [0.29, 0.717) is 0 Å². The van der Waals surface area contributed by atoms with Crippen LogP contribution in [0.3, 0.4) is 0 Å². The van der Waals surface area contributed by atoms with E-state index in [-0.39, 0.29) is 32.2 Å². The molecular formula is C10H19F3N2O2. The summed E-state index contributed by atoms with van der Waals surface area (Å²) >= 11 is 0. The summed E-state index contributed by atoms with van der Waals surface area (Å²) in [6.45, 7) is 2.35. The Morgan fingerprint density at radius 2 is 2.00 bits per heavy atom. The number of carbonyl (C=O) groups is 1. The molecule has 0 rings (SSSR count). The molecule has 0 saturated heterocycles. The minimum absolute atomic E-state index is 0.0317. The molecule has 0 atom stereocenters. The first-order valence-electron chi connectivity index (χ1n) is 5.38. The molecule has 0 radical (unpaired) electrons. The number of halogens is 3. The number of hydrogen-bond acceptors (Lipinski definition) is 3. The summed E-state index contributed by atoms with van der Waals surface area (Å²) in [5.41, 5.74) is 5.14. The summed E-state index contributed by atoms with van der Waals surface area (Å²) in [6.07, 6.45) is -4.39. The lowest BCUT2D eigenvalue weighted by atomic mass is 10.2. The second kappa shape index (κ2) is 7.50. The van der Waals surface area contributed by atoms with Gasteiger partial charge in [0.2, 0.25) is 5.91 Å². The average molecular weight is 256 g/mol. The van der Waals surface area contributed by atoms with E-state index in [1.54, 1.807) is 13.8 Å². The predicted molar refractivity (Wildman–Crippen MR) is 57.3 cm³/mol. The van der Waals surface area contributed by atoms with E-state index >= 15 is 0 Å². The van der Waals surface area contributed by atoms with Crippen molar-refractivity contribution < 1.29 is 22.7 Å². The average Bonchev–Trinajstić information content (AvgIpc) is 2.14. The highest BCUT2D eigenvalue weighted by Gasteiger charge is 2.33. The molecule has 0 unspecified atom stereocenters. The van der Waals surface area contributed by atoms with Crippen LogP contribution in [0.25, 0.3) is 0 Å². The molecular weight excluding hydrogens is 237 g/mol. The second-order valence-electron chi connectivity index (χ2n) is 4.12. The summed E-state index contributed by atoms with van der Waals surface area (Å²) in [7, 11) is 0. The third kappa shape index (κ3) is 8.93. The molecule has 102 valence electrons. The molecule has 0 fully saturated rings. The Morgan fingerprint density at radius 1 is 1.41 bits per heavy atom. The number of ether oxygens (including phenoxy) is 1. The van der Waals surface area contributed by atoms with Gasteiger partial charge in [-0.3, -0.25) is 4.79 Å². The number of alkyl halides is 3. The normalized spacial score (nSPS) is 11.9. The van der Waals surface area contributed by atoms with Crippen molar-refractivity contribution in [2.24, 2.45) is 11.7 Å². The van der Waals surface area contributed by atoms with Crippen LogP contribution in [0, 0.1) is 5.92 Å². The van der Waals surface area contributed by atoms with Crippen molar-refractivity contribution in [3.8, 4) is 0 Å². The maximum absolute atomic E-state index is 12.3. The SMILES string of the molecule is CC(C)CN(CC(F)(F)F)C(=O)COCCN. The number of carbonyl (C=O) groups excluding carboxylic acids is 1. The van der Waals surface area contributed by atoms with Gasteiger partial charge in [-0.25, -0.2) is 0 Å². The first kappa shape index (κ1) is 16.2. The minimum Gasteiger partial charge on any atom is -0.370 e. The van der Waals surface area contributed by atoms with Gasteiger partial charge >= 0.3 is 6.18 Å². The fourth-order valence-electron chi connectivity index (χ4n) is 1.25. The third-order valence-electron chi connectivity index (χ3n) is 1.80. The van der Waals surface area contributed by atoms with Crippen molar-refractivity contribution in [1.29, 1.82) is 0 Å². The van der Waals surface area contributed by atoms with E-state index < -0.39 is 18.6 Å². The Balaban J connectivity index is 4.30. The fraction of sp³-hybridized carbons (Fsp3) is 0.900. The highest BCUT2D eigenvalue weighted by Crippen LogP contribution is 2.17. The van der Waals surface area contributed by atoms with Gasteiger partial charge in [-0.1, -0.05) is 13.8 Å². The van der Waals surface area contributed by atoms with E-state index in [0.717, 1.165) is 4.90 Å². The van der Waals surface area contributed by atoms with Crippen LogP contribution < -0.4 is 5.73 Å². The Labute approximate surface area is 98.9 Å². The molecule has 0 spiro atoms. The van der Waals surface area contributed by atoms with E-state index in [1.165, 1.54) is 0 Å². The quantitative estimate of drug-likeness (QED) is 0.692. The number of hydrogen-bond donors (Lipinski definition) is 1. The molecule has 0 aromatic rings. The summed E-state index contributed by atoms with van der Waals surface area (Å²) in [5, 5.41) is 0. The number of nitrogens with zero attached hydrogens (tertiary/aromatic N) is 1. The second-order valence-corrected chi connectivity index (χ2v) is 4.12. The Hall–Kier alpha value is -0.820. The zero-order chi connectivity index (χ0) is 13.5. The highest BCUT2D eigenvalue weighted by molar-refractivity contribution is 5.77. The summed E-state index contributed by atoms with van der Waals surface area (Å²) in [5.74, 6) is -0.694. The van der Waals surface area contributed by atoms with Crippen LogP contribution >= 0.6 is 0 Å². The van der Waals surface area contributed by atoms with Gasteiger partial charge in [0.15, 0.2) is 0 Å². The van der Waals surface area contributed by atoms with E-state index in [9.17, 15) is 18.0 Å². The summed E-state index contributed by atoms with van der Waals surface area (Å²) in [6, 6.07) is 0. The Kier molecular flexibility index (Phi) is 7.13. The van der Waals surface area contributed by atoms with E-state index in [1.807, 2.05) is 0 Å². The van der Waals surface area contributed by atoms with Crippen molar-refractivity contribution in [3.63, 3.8) is 0 Å². The molecule has 2 N–H and O–H groups in total. The lowest BCUT2D eigenvalue weighted by Gasteiger charge is -2.25. The van der Waals surface area contributed by atoms with Crippen molar-refractivity contribution in [2.45, 2.75) is 20.0 Å². The molecule has 0 aliphatic rings. The molecule has 4 nitrogen and oxygen atoms in total. The first-order valence-corrected chi connectivity index (χ1v) is 5.38. The predicted octanol–water partition coefficient (Wildman–Crippen LogP) is 1.01. The lowest BCUT2D eigenvalue weighted by molar-refractivity contribution is -0.164. The Morgan fingerprint density at radius 3 is 2.41 bits per heavy atom. The zero-order valence-corrected chi connectivity index (χ0v) is 10.1. The van der Waals surface area contributed by atoms with Gasteiger partial charge < -0.3 is 15.4 Å².